The maximum absolute atomic E-state index is 13.4. The molecule has 1 unspecified atom stereocenters. The molecule has 0 aliphatic rings. The van der Waals surface area contributed by atoms with E-state index >= 15 is 0 Å². The first-order valence-corrected chi connectivity index (χ1v) is 11.8. The average molecular weight is 509 g/mol. The lowest BCUT2D eigenvalue weighted by atomic mass is 10.0. The molecule has 6 heteroatoms. The molecule has 3 aromatic carbocycles. The molecule has 0 fully saturated rings. The molecule has 33 heavy (non-hydrogen) atoms. The highest BCUT2D eigenvalue weighted by atomic mass is 79.9. The first-order chi connectivity index (χ1) is 15.9. The molecular weight excluding hydrogens is 480 g/mol. The van der Waals surface area contributed by atoms with Gasteiger partial charge in [-0.25, -0.2) is 0 Å². The number of carbonyl (C=O) groups is 2. The molecule has 3 rings (SSSR count). The Morgan fingerprint density at radius 1 is 0.909 bits per heavy atom. The van der Waals surface area contributed by atoms with E-state index in [9.17, 15) is 9.59 Å². The van der Waals surface area contributed by atoms with E-state index in [1.54, 1.807) is 17.0 Å². The van der Waals surface area contributed by atoms with Gasteiger partial charge >= 0.3 is 0 Å². The molecule has 0 saturated heterocycles. The van der Waals surface area contributed by atoms with Crippen molar-refractivity contribution in [3.8, 4) is 5.75 Å². The molecule has 0 aliphatic carbocycles. The van der Waals surface area contributed by atoms with Crippen LogP contribution in [0.4, 0.5) is 0 Å². The van der Waals surface area contributed by atoms with E-state index < -0.39 is 6.04 Å². The van der Waals surface area contributed by atoms with Crippen LogP contribution in [-0.2, 0) is 22.6 Å². The fourth-order valence-electron chi connectivity index (χ4n) is 3.51. The molecule has 5 nitrogen and oxygen atoms in total. The van der Waals surface area contributed by atoms with Gasteiger partial charge in [0.05, 0.1) is 0 Å². The van der Waals surface area contributed by atoms with E-state index in [-0.39, 0.29) is 24.5 Å². The second-order valence-electron chi connectivity index (χ2n) is 8.12. The lowest BCUT2D eigenvalue weighted by Crippen LogP contribution is -2.52. The lowest BCUT2D eigenvalue weighted by Gasteiger charge is -2.32. The van der Waals surface area contributed by atoms with Gasteiger partial charge in [-0.15, -0.1) is 0 Å². The summed E-state index contributed by atoms with van der Waals surface area (Å²) in [7, 11) is 0. The van der Waals surface area contributed by atoms with Gasteiger partial charge in [0.2, 0.25) is 5.91 Å². The Hall–Kier alpha value is -3.12. The van der Waals surface area contributed by atoms with Gasteiger partial charge in [-0.2, -0.15) is 0 Å². The number of halogens is 1. The van der Waals surface area contributed by atoms with Gasteiger partial charge < -0.3 is 15.0 Å². The van der Waals surface area contributed by atoms with Crippen LogP contribution in [0.2, 0.25) is 0 Å². The van der Waals surface area contributed by atoms with Crippen LogP contribution >= 0.6 is 15.9 Å². The number of rotatable bonds is 10. The second kappa shape index (κ2) is 12.2. The summed E-state index contributed by atoms with van der Waals surface area (Å²) < 4.78 is 6.66. The van der Waals surface area contributed by atoms with E-state index in [4.69, 9.17) is 4.74 Å². The van der Waals surface area contributed by atoms with Crippen LogP contribution in [0.15, 0.2) is 89.4 Å². The largest absolute Gasteiger partial charge is 0.484 e. The van der Waals surface area contributed by atoms with Gasteiger partial charge in [-0.3, -0.25) is 9.59 Å². The quantitative estimate of drug-likeness (QED) is 0.419. The van der Waals surface area contributed by atoms with Gasteiger partial charge in [0.15, 0.2) is 6.61 Å². The summed E-state index contributed by atoms with van der Waals surface area (Å²) in [5, 5.41) is 2.99. The highest BCUT2D eigenvalue weighted by Gasteiger charge is 2.31. The Balaban J connectivity index is 1.90. The summed E-state index contributed by atoms with van der Waals surface area (Å²) in [6.45, 7) is 3.96. The van der Waals surface area contributed by atoms with Crippen molar-refractivity contribution < 1.29 is 14.3 Å². The van der Waals surface area contributed by atoms with Crippen molar-refractivity contribution in [3.05, 3.63) is 101 Å². The zero-order chi connectivity index (χ0) is 23.6. The van der Waals surface area contributed by atoms with Crippen LogP contribution in [0, 0.1) is 0 Å². The Bertz CT molecular complexity index is 1040. The maximum Gasteiger partial charge on any atom is 0.261 e. The second-order valence-corrected chi connectivity index (χ2v) is 9.04. The van der Waals surface area contributed by atoms with Crippen molar-refractivity contribution in [1.29, 1.82) is 0 Å². The van der Waals surface area contributed by atoms with Gasteiger partial charge in [0, 0.05) is 23.5 Å². The van der Waals surface area contributed by atoms with Gasteiger partial charge in [-0.05, 0) is 49.2 Å². The van der Waals surface area contributed by atoms with Crippen LogP contribution in [0.1, 0.15) is 25.0 Å². The molecule has 0 heterocycles. The summed E-state index contributed by atoms with van der Waals surface area (Å²) in [4.78, 5) is 28.3. The monoisotopic (exact) mass is 508 g/mol. The fraction of sp³-hybridized carbons (Fsp3) is 0.259. The van der Waals surface area contributed by atoms with Crippen LogP contribution in [0.3, 0.4) is 0 Å². The number of hydrogen-bond acceptors (Lipinski definition) is 3. The number of ether oxygens (including phenoxy) is 1. The van der Waals surface area contributed by atoms with Crippen molar-refractivity contribution in [2.24, 2.45) is 0 Å². The highest BCUT2D eigenvalue weighted by Crippen LogP contribution is 2.18. The zero-order valence-electron chi connectivity index (χ0n) is 18.9. The van der Waals surface area contributed by atoms with E-state index in [2.05, 4.69) is 21.2 Å². The van der Waals surface area contributed by atoms with Crippen molar-refractivity contribution in [1.82, 2.24) is 10.2 Å². The molecular formula is C27H29BrN2O3. The van der Waals surface area contributed by atoms with Crippen molar-refractivity contribution in [2.75, 3.05) is 6.61 Å². The van der Waals surface area contributed by atoms with Gasteiger partial charge in [-0.1, -0.05) is 76.6 Å². The summed E-state index contributed by atoms with van der Waals surface area (Å²) in [5.41, 5.74) is 1.91. The third kappa shape index (κ3) is 7.75. The fourth-order valence-corrected chi connectivity index (χ4v) is 3.96. The smallest absolute Gasteiger partial charge is 0.261 e. The predicted molar refractivity (Wildman–Crippen MR) is 134 cm³/mol. The summed E-state index contributed by atoms with van der Waals surface area (Å²) in [5.74, 6) is 0.176. The maximum atomic E-state index is 13.4. The Morgan fingerprint density at radius 2 is 1.55 bits per heavy atom. The number of para-hydroxylation sites is 1. The van der Waals surface area contributed by atoms with Crippen molar-refractivity contribution >= 4 is 27.7 Å². The third-order valence-electron chi connectivity index (χ3n) is 5.05. The summed E-state index contributed by atoms with van der Waals surface area (Å²) in [6, 6.07) is 26.0. The molecule has 1 N–H and O–H groups in total. The molecule has 0 radical (unpaired) electrons. The number of amides is 2. The zero-order valence-corrected chi connectivity index (χ0v) is 20.5. The molecule has 0 bridgehead atoms. The first-order valence-electron chi connectivity index (χ1n) is 11.0. The minimum absolute atomic E-state index is 0.0424. The molecule has 0 aliphatic heterocycles. The third-order valence-corrected chi connectivity index (χ3v) is 5.54. The van der Waals surface area contributed by atoms with Crippen molar-refractivity contribution in [2.45, 2.75) is 38.9 Å². The molecule has 0 saturated carbocycles. The minimum atomic E-state index is -0.680. The number of hydrogen-bond donors (Lipinski definition) is 1. The average Bonchev–Trinajstić information content (AvgIpc) is 2.80. The topological polar surface area (TPSA) is 58.6 Å². The van der Waals surface area contributed by atoms with E-state index in [0.29, 0.717) is 18.7 Å². The van der Waals surface area contributed by atoms with Crippen LogP contribution in [-0.4, -0.2) is 35.4 Å². The standard InChI is InChI=1S/C27H29BrN2O3/c1-20(2)29-27(32)25(17-21-10-5-3-6-11-21)30(18-22-12-9-13-23(28)16-22)26(31)19-33-24-14-7-4-8-15-24/h3-16,20,25H,17-19H2,1-2H3,(H,29,32). The molecule has 0 aromatic heterocycles. The van der Waals surface area contributed by atoms with Crippen LogP contribution in [0.5, 0.6) is 5.75 Å². The summed E-state index contributed by atoms with van der Waals surface area (Å²) in [6.07, 6.45) is 0.407. The number of carbonyl (C=O) groups excluding carboxylic acids is 2. The SMILES string of the molecule is CC(C)NC(=O)C(Cc1ccccc1)N(Cc1cccc(Br)c1)C(=O)COc1ccccc1. The van der Waals surface area contributed by atoms with Gasteiger partial charge in [0.25, 0.3) is 5.91 Å². The van der Waals surface area contributed by atoms with Gasteiger partial charge in [0.1, 0.15) is 11.8 Å². The first kappa shape index (κ1) is 24.5. The van der Waals surface area contributed by atoms with Crippen LogP contribution < -0.4 is 10.1 Å². The normalized spacial score (nSPS) is 11.6. The number of nitrogens with one attached hydrogen (secondary N) is 1. The van der Waals surface area contributed by atoms with Crippen LogP contribution in [0.25, 0.3) is 0 Å². The Kier molecular flexibility index (Phi) is 9.07. The molecule has 172 valence electrons. The molecule has 1 atom stereocenters. The number of benzene rings is 3. The highest BCUT2D eigenvalue weighted by molar-refractivity contribution is 9.10. The molecule has 2 amide bonds. The Labute approximate surface area is 203 Å². The van der Waals surface area contributed by atoms with E-state index in [1.807, 2.05) is 86.6 Å². The van der Waals surface area contributed by atoms with Crippen molar-refractivity contribution in [3.63, 3.8) is 0 Å². The molecule has 0 spiro atoms. The predicted octanol–water partition coefficient (Wildman–Crippen LogP) is 4.99. The lowest BCUT2D eigenvalue weighted by molar-refractivity contribution is -0.143. The minimum Gasteiger partial charge on any atom is -0.484 e. The Morgan fingerprint density at radius 3 is 2.18 bits per heavy atom. The van der Waals surface area contributed by atoms with E-state index in [0.717, 1.165) is 15.6 Å². The molecule has 3 aromatic rings. The number of nitrogens with zero attached hydrogens (tertiary/aromatic N) is 1. The summed E-state index contributed by atoms with van der Waals surface area (Å²) >= 11 is 3.50. The van der Waals surface area contributed by atoms with E-state index in [1.165, 1.54) is 0 Å².